The molecule has 104 valence electrons. The summed E-state index contributed by atoms with van der Waals surface area (Å²) in [5, 5.41) is 13.5. The van der Waals surface area contributed by atoms with Crippen LogP contribution >= 0.6 is 0 Å². The van der Waals surface area contributed by atoms with Gasteiger partial charge in [-0.15, -0.1) is 0 Å². The zero-order valence-corrected chi connectivity index (χ0v) is 10.6. The summed E-state index contributed by atoms with van der Waals surface area (Å²) in [5.41, 5.74) is 0.586. The fourth-order valence-corrected chi connectivity index (χ4v) is 1.84. The van der Waals surface area contributed by atoms with E-state index < -0.39 is 22.6 Å². The van der Waals surface area contributed by atoms with Crippen LogP contribution in [0.4, 0.5) is 20.2 Å². The Morgan fingerprint density at radius 1 is 1.20 bits per heavy atom. The van der Waals surface area contributed by atoms with E-state index in [1.165, 1.54) is 24.3 Å². The highest BCUT2D eigenvalue weighted by molar-refractivity contribution is 5.48. The first-order chi connectivity index (χ1) is 9.49. The van der Waals surface area contributed by atoms with E-state index in [0.29, 0.717) is 5.56 Å². The van der Waals surface area contributed by atoms with Gasteiger partial charge in [0.1, 0.15) is 0 Å². The van der Waals surface area contributed by atoms with Gasteiger partial charge in [0.2, 0.25) is 0 Å². The number of non-ortho nitro benzene ring substituents is 1. The van der Waals surface area contributed by atoms with E-state index in [9.17, 15) is 18.9 Å². The molecule has 1 atom stereocenters. The Morgan fingerprint density at radius 2 is 1.90 bits per heavy atom. The summed E-state index contributed by atoms with van der Waals surface area (Å²) in [6.45, 7) is 1.71. The van der Waals surface area contributed by atoms with Crippen molar-refractivity contribution in [3.05, 3.63) is 69.8 Å². The van der Waals surface area contributed by atoms with E-state index in [-0.39, 0.29) is 11.4 Å². The van der Waals surface area contributed by atoms with E-state index >= 15 is 0 Å². The van der Waals surface area contributed by atoms with Gasteiger partial charge in [-0.05, 0) is 24.6 Å². The van der Waals surface area contributed by atoms with Crippen molar-refractivity contribution in [2.45, 2.75) is 13.0 Å². The van der Waals surface area contributed by atoms with Crippen LogP contribution in [0.25, 0.3) is 0 Å². The number of benzene rings is 2. The lowest BCUT2D eigenvalue weighted by Crippen LogP contribution is -2.09. The molecule has 0 aliphatic rings. The molecule has 1 unspecified atom stereocenters. The van der Waals surface area contributed by atoms with Crippen LogP contribution in [0.3, 0.4) is 0 Å². The molecule has 0 fully saturated rings. The zero-order chi connectivity index (χ0) is 14.7. The van der Waals surface area contributed by atoms with E-state index in [4.69, 9.17) is 0 Å². The van der Waals surface area contributed by atoms with Gasteiger partial charge in [0.25, 0.3) is 5.69 Å². The van der Waals surface area contributed by atoms with Crippen LogP contribution in [0.1, 0.15) is 18.5 Å². The Hall–Kier alpha value is -2.50. The minimum absolute atomic E-state index is 0.0176. The van der Waals surface area contributed by atoms with Crippen molar-refractivity contribution in [1.29, 1.82) is 0 Å². The Balaban J connectivity index is 2.24. The molecule has 0 spiro atoms. The number of nitro groups is 1. The third-order valence-electron chi connectivity index (χ3n) is 2.90. The van der Waals surface area contributed by atoms with Gasteiger partial charge in [0.05, 0.1) is 10.6 Å². The van der Waals surface area contributed by atoms with Crippen LogP contribution in [-0.2, 0) is 0 Å². The number of hydrogen-bond donors (Lipinski definition) is 1. The van der Waals surface area contributed by atoms with Crippen molar-refractivity contribution < 1.29 is 13.7 Å². The van der Waals surface area contributed by atoms with Crippen molar-refractivity contribution in [1.82, 2.24) is 0 Å². The second-order valence-electron chi connectivity index (χ2n) is 4.32. The quantitative estimate of drug-likeness (QED) is 0.678. The van der Waals surface area contributed by atoms with Gasteiger partial charge in [-0.25, -0.2) is 8.78 Å². The van der Waals surface area contributed by atoms with Gasteiger partial charge in [0.15, 0.2) is 11.6 Å². The summed E-state index contributed by atoms with van der Waals surface area (Å²) >= 11 is 0. The number of hydrogen-bond acceptors (Lipinski definition) is 3. The Bertz CT molecular complexity index is 647. The topological polar surface area (TPSA) is 55.2 Å². The first-order valence-electron chi connectivity index (χ1n) is 5.94. The minimum Gasteiger partial charge on any atom is -0.376 e. The molecule has 0 aromatic heterocycles. The number of nitrogens with one attached hydrogen (secondary N) is 1. The molecule has 4 nitrogen and oxygen atoms in total. The van der Waals surface area contributed by atoms with Crippen molar-refractivity contribution in [3.63, 3.8) is 0 Å². The van der Waals surface area contributed by atoms with Crippen LogP contribution in [-0.4, -0.2) is 4.92 Å². The Kier molecular flexibility index (Phi) is 3.93. The molecule has 0 bridgehead atoms. The SMILES string of the molecule is CC(Nc1cccc(F)c1F)c1cccc([N+](=O)[O-])c1. The maximum Gasteiger partial charge on any atom is 0.269 e. The third kappa shape index (κ3) is 2.90. The predicted molar refractivity (Wildman–Crippen MR) is 71.5 cm³/mol. The van der Waals surface area contributed by atoms with Gasteiger partial charge in [-0.3, -0.25) is 10.1 Å². The molecule has 20 heavy (non-hydrogen) atoms. The maximum absolute atomic E-state index is 13.5. The molecule has 2 aromatic rings. The Morgan fingerprint density at radius 3 is 2.60 bits per heavy atom. The van der Waals surface area contributed by atoms with E-state index in [1.807, 2.05) is 0 Å². The lowest BCUT2D eigenvalue weighted by Gasteiger charge is -2.16. The standard InChI is InChI=1S/C14H12F2N2O2/c1-9(10-4-2-5-11(8-10)18(19)20)17-13-7-3-6-12(15)14(13)16/h2-9,17H,1H3. The summed E-state index contributed by atoms with van der Waals surface area (Å²) in [6, 6.07) is 9.43. The van der Waals surface area contributed by atoms with Crippen LogP contribution < -0.4 is 5.32 Å². The predicted octanol–water partition coefficient (Wildman–Crippen LogP) is 4.05. The average molecular weight is 278 g/mol. The molecular weight excluding hydrogens is 266 g/mol. The van der Waals surface area contributed by atoms with Crippen molar-refractivity contribution in [2.75, 3.05) is 5.32 Å². The fraction of sp³-hybridized carbons (Fsp3) is 0.143. The first-order valence-corrected chi connectivity index (χ1v) is 5.94. The number of halogens is 2. The average Bonchev–Trinajstić information content (AvgIpc) is 2.44. The molecule has 2 aromatic carbocycles. The summed E-state index contributed by atoms with van der Waals surface area (Å²) in [4.78, 5) is 10.2. The van der Waals surface area contributed by atoms with Gasteiger partial charge in [-0.2, -0.15) is 0 Å². The largest absolute Gasteiger partial charge is 0.376 e. The summed E-state index contributed by atoms with van der Waals surface area (Å²) < 4.78 is 26.6. The molecule has 0 radical (unpaired) electrons. The highest BCUT2D eigenvalue weighted by atomic mass is 19.2. The molecule has 2 rings (SSSR count). The van der Waals surface area contributed by atoms with E-state index in [1.54, 1.807) is 19.1 Å². The lowest BCUT2D eigenvalue weighted by atomic mass is 10.1. The van der Waals surface area contributed by atoms with Gasteiger partial charge in [-0.1, -0.05) is 18.2 Å². The van der Waals surface area contributed by atoms with Gasteiger partial charge < -0.3 is 5.32 Å². The van der Waals surface area contributed by atoms with Crippen molar-refractivity contribution >= 4 is 11.4 Å². The highest BCUT2D eigenvalue weighted by Crippen LogP contribution is 2.25. The molecule has 0 aliphatic heterocycles. The third-order valence-corrected chi connectivity index (χ3v) is 2.90. The van der Waals surface area contributed by atoms with Crippen LogP contribution in [0.2, 0.25) is 0 Å². The summed E-state index contributed by atoms with van der Waals surface area (Å²) in [7, 11) is 0. The molecule has 1 N–H and O–H groups in total. The van der Waals surface area contributed by atoms with E-state index in [2.05, 4.69) is 5.32 Å². The molecule has 0 heterocycles. The van der Waals surface area contributed by atoms with Crippen LogP contribution in [0.15, 0.2) is 42.5 Å². The van der Waals surface area contributed by atoms with Crippen molar-refractivity contribution in [3.8, 4) is 0 Å². The lowest BCUT2D eigenvalue weighted by molar-refractivity contribution is -0.384. The molecule has 0 amide bonds. The van der Waals surface area contributed by atoms with Crippen molar-refractivity contribution in [2.24, 2.45) is 0 Å². The summed E-state index contributed by atoms with van der Waals surface area (Å²) in [5.74, 6) is -1.91. The van der Waals surface area contributed by atoms with Crippen LogP contribution in [0, 0.1) is 21.7 Å². The van der Waals surface area contributed by atoms with Gasteiger partial charge >= 0.3 is 0 Å². The Labute approximate surface area is 114 Å². The maximum atomic E-state index is 13.5. The highest BCUT2D eigenvalue weighted by Gasteiger charge is 2.13. The monoisotopic (exact) mass is 278 g/mol. The smallest absolute Gasteiger partial charge is 0.269 e. The van der Waals surface area contributed by atoms with E-state index in [0.717, 1.165) is 6.07 Å². The fourth-order valence-electron chi connectivity index (χ4n) is 1.84. The second-order valence-corrected chi connectivity index (χ2v) is 4.32. The van der Waals surface area contributed by atoms with Gasteiger partial charge in [0, 0.05) is 18.2 Å². The summed E-state index contributed by atoms with van der Waals surface area (Å²) in [6.07, 6.45) is 0. The molecule has 6 heteroatoms. The van der Waals surface area contributed by atoms with Crippen LogP contribution in [0.5, 0.6) is 0 Å². The number of nitro benzene ring substituents is 1. The molecule has 0 saturated carbocycles. The minimum atomic E-state index is -0.968. The molecular formula is C14H12F2N2O2. The number of rotatable bonds is 4. The first kappa shape index (κ1) is 13.9. The number of nitrogens with zero attached hydrogens (tertiary/aromatic N) is 1. The normalized spacial score (nSPS) is 11.9. The second kappa shape index (κ2) is 5.64. The molecule has 0 saturated heterocycles. The molecule has 0 aliphatic carbocycles. The number of anilines is 1. The zero-order valence-electron chi connectivity index (χ0n) is 10.6.